The van der Waals surface area contributed by atoms with E-state index in [2.05, 4.69) is 35.2 Å². The molecule has 2 fully saturated rings. The average Bonchev–Trinajstić information content (AvgIpc) is 2.39. The molecule has 86 valence electrons. The molecule has 0 N–H and O–H groups in total. The van der Waals surface area contributed by atoms with Crippen LogP contribution in [0.2, 0.25) is 0 Å². The second-order valence-electron chi connectivity index (χ2n) is 4.81. The fraction of sp³-hybridized carbons (Fsp3) is 0.571. The van der Waals surface area contributed by atoms with Crippen molar-refractivity contribution in [3.8, 4) is 0 Å². The number of hydrogen-bond acceptors (Lipinski definition) is 2. The molecule has 1 aromatic carbocycles. The minimum atomic E-state index is 0.209. The molecular formula is C14H19NO. The lowest BCUT2D eigenvalue weighted by atomic mass is 9.96. The molecule has 2 aliphatic heterocycles. The van der Waals surface area contributed by atoms with Crippen LogP contribution in [0.5, 0.6) is 0 Å². The molecule has 0 aliphatic carbocycles. The van der Waals surface area contributed by atoms with E-state index >= 15 is 0 Å². The third-order valence-corrected chi connectivity index (χ3v) is 3.79. The van der Waals surface area contributed by atoms with Crippen LogP contribution in [0.1, 0.15) is 37.5 Å². The van der Waals surface area contributed by atoms with Gasteiger partial charge in [0.15, 0.2) is 0 Å². The van der Waals surface area contributed by atoms with Crippen LogP contribution in [0.3, 0.4) is 0 Å². The van der Waals surface area contributed by atoms with E-state index in [4.69, 9.17) is 4.74 Å². The maximum Gasteiger partial charge on any atom is 0.137 e. The lowest BCUT2D eigenvalue weighted by Crippen LogP contribution is -2.47. The molecule has 0 aromatic heterocycles. The van der Waals surface area contributed by atoms with Gasteiger partial charge < -0.3 is 4.74 Å². The second kappa shape index (κ2) is 4.56. The Morgan fingerprint density at radius 3 is 2.81 bits per heavy atom. The molecule has 0 saturated carbocycles. The van der Waals surface area contributed by atoms with Gasteiger partial charge in [-0.25, -0.2) is 0 Å². The zero-order valence-electron chi connectivity index (χ0n) is 9.64. The van der Waals surface area contributed by atoms with Crippen molar-refractivity contribution in [1.29, 1.82) is 0 Å². The Morgan fingerprint density at radius 2 is 1.94 bits per heavy atom. The first kappa shape index (κ1) is 10.3. The summed E-state index contributed by atoms with van der Waals surface area (Å²) in [5, 5.41) is 0. The summed E-state index contributed by atoms with van der Waals surface area (Å²) in [5.41, 5.74) is 1.31. The summed E-state index contributed by atoms with van der Waals surface area (Å²) >= 11 is 0. The fourth-order valence-electron chi connectivity index (χ4n) is 2.96. The molecule has 1 aromatic rings. The molecule has 0 spiro atoms. The lowest BCUT2D eigenvalue weighted by molar-refractivity contribution is -0.136. The number of benzene rings is 1. The smallest absolute Gasteiger partial charge is 0.137 e. The summed E-state index contributed by atoms with van der Waals surface area (Å²) < 4.78 is 5.96. The molecule has 0 amide bonds. The van der Waals surface area contributed by atoms with Gasteiger partial charge in [0.25, 0.3) is 0 Å². The Hall–Kier alpha value is -0.860. The monoisotopic (exact) mass is 217 g/mol. The number of fused-ring (bicyclic) bond motifs is 1. The van der Waals surface area contributed by atoms with Gasteiger partial charge in [-0.3, -0.25) is 4.90 Å². The molecule has 2 unspecified atom stereocenters. The van der Waals surface area contributed by atoms with Crippen LogP contribution in [0, 0.1) is 0 Å². The Morgan fingerprint density at radius 1 is 1.06 bits per heavy atom. The van der Waals surface area contributed by atoms with Crippen molar-refractivity contribution in [3.05, 3.63) is 35.9 Å². The standard InChI is InChI=1S/C14H19NO/c1-2-6-12(7-3-1)14-15-10-5-4-8-13(15)9-11-16-14/h1-3,6-7,13-14H,4-5,8-11H2. The minimum Gasteiger partial charge on any atom is -0.359 e. The Bertz CT molecular complexity index is 336. The molecule has 2 heterocycles. The molecule has 2 saturated heterocycles. The highest BCUT2D eigenvalue weighted by atomic mass is 16.5. The highest BCUT2D eigenvalue weighted by Crippen LogP contribution is 2.34. The SMILES string of the molecule is c1ccc(C2OCCC3CCCCN32)cc1. The molecule has 0 bridgehead atoms. The normalized spacial score (nSPS) is 31.0. The van der Waals surface area contributed by atoms with Crippen molar-refractivity contribution in [3.63, 3.8) is 0 Å². The molecule has 3 rings (SSSR count). The van der Waals surface area contributed by atoms with E-state index in [-0.39, 0.29) is 6.23 Å². The third-order valence-electron chi connectivity index (χ3n) is 3.79. The van der Waals surface area contributed by atoms with Crippen molar-refractivity contribution in [1.82, 2.24) is 4.90 Å². The van der Waals surface area contributed by atoms with E-state index in [1.165, 1.54) is 37.8 Å². The van der Waals surface area contributed by atoms with Gasteiger partial charge in [0.1, 0.15) is 6.23 Å². The quantitative estimate of drug-likeness (QED) is 0.717. The van der Waals surface area contributed by atoms with Gasteiger partial charge in [-0.1, -0.05) is 36.8 Å². The molecule has 0 radical (unpaired) electrons. The molecule has 2 atom stereocenters. The molecule has 16 heavy (non-hydrogen) atoms. The van der Waals surface area contributed by atoms with Crippen LogP contribution >= 0.6 is 0 Å². The van der Waals surface area contributed by atoms with Crippen molar-refractivity contribution in [2.45, 2.75) is 38.0 Å². The Balaban J connectivity index is 1.83. The van der Waals surface area contributed by atoms with Crippen molar-refractivity contribution >= 4 is 0 Å². The Labute approximate surface area is 97.2 Å². The predicted octanol–water partition coefficient (Wildman–Crippen LogP) is 2.96. The van der Waals surface area contributed by atoms with Gasteiger partial charge >= 0.3 is 0 Å². The predicted molar refractivity (Wildman–Crippen MR) is 64.1 cm³/mol. The highest BCUT2D eigenvalue weighted by molar-refractivity contribution is 5.18. The fourth-order valence-corrected chi connectivity index (χ4v) is 2.96. The number of nitrogens with zero attached hydrogens (tertiary/aromatic N) is 1. The van der Waals surface area contributed by atoms with Crippen LogP contribution in [-0.4, -0.2) is 24.1 Å². The summed E-state index contributed by atoms with van der Waals surface area (Å²) in [6, 6.07) is 11.4. The van der Waals surface area contributed by atoms with Gasteiger partial charge in [-0.2, -0.15) is 0 Å². The number of hydrogen-bond donors (Lipinski definition) is 0. The molecule has 2 nitrogen and oxygen atoms in total. The summed E-state index contributed by atoms with van der Waals surface area (Å²) in [7, 11) is 0. The van der Waals surface area contributed by atoms with Crippen LogP contribution in [0.25, 0.3) is 0 Å². The van der Waals surface area contributed by atoms with E-state index in [1.54, 1.807) is 0 Å². The maximum absolute atomic E-state index is 5.96. The van der Waals surface area contributed by atoms with E-state index in [9.17, 15) is 0 Å². The Kier molecular flexibility index (Phi) is 2.94. The van der Waals surface area contributed by atoms with Gasteiger partial charge in [0, 0.05) is 12.6 Å². The summed E-state index contributed by atoms with van der Waals surface area (Å²) in [6.45, 7) is 2.12. The first-order valence-electron chi connectivity index (χ1n) is 6.37. The van der Waals surface area contributed by atoms with Gasteiger partial charge in [0.2, 0.25) is 0 Å². The second-order valence-corrected chi connectivity index (χ2v) is 4.81. The van der Waals surface area contributed by atoms with E-state index in [1.807, 2.05) is 0 Å². The van der Waals surface area contributed by atoms with Crippen LogP contribution in [0.15, 0.2) is 30.3 Å². The lowest BCUT2D eigenvalue weighted by Gasteiger charge is -2.44. The minimum absolute atomic E-state index is 0.209. The number of piperidine rings is 1. The van der Waals surface area contributed by atoms with Crippen molar-refractivity contribution in [2.24, 2.45) is 0 Å². The summed E-state index contributed by atoms with van der Waals surface area (Å²) in [6.07, 6.45) is 5.49. The zero-order valence-corrected chi connectivity index (χ0v) is 9.64. The number of rotatable bonds is 1. The van der Waals surface area contributed by atoms with Crippen molar-refractivity contribution in [2.75, 3.05) is 13.2 Å². The van der Waals surface area contributed by atoms with E-state index in [0.29, 0.717) is 0 Å². The topological polar surface area (TPSA) is 12.5 Å². The van der Waals surface area contributed by atoms with Crippen LogP contribution < -0.4 is 0 Å². The highest BCUT2D eigenvalue weighted by Gasteiger charge is 2.33. The summed E-state index contributed by atoms with van der Waals surface area (Å²) in [5.74, 6) is 0. The molecular weight excluding hydrogens is 198 g/mol. The first-order valence-corrected chi connectivity index (χ1v) is 6.37. The van der Waals surface area contributed by atoms with Gasteiger partial charge in [-0.05, 0) is 24.8 Å². The first-order chi connectivity index (χ1) is 7.95. The van der Waals surface area contributed by atoms with Crippen LogP contribution in [-0.2, 0) is 4.74 Å². The van der Waals surface area contributed by atoms with Gasteiger partial charge in [0.05, 0.1) is 6.61 Å². The largest absolute Gasteiger partial charge is 0.359 e. The van der Waals surface area contributed by atoms with Crippen LogP contribution in [0.4, 0.5) is 0 Å². The molecule has 2 heteroatoms. The third kappa shape index (κ3) is 1.87. The van der Waals surface area contributed by atoms with E-state index in [0.717, 1.165) is 12.6 Å². The van der Waals surface area contributed by atoms with Gasteiger partial charge in [-0.15, -0.1) is 0 Å². The van der Waals surface area contributed by atoms with E-state index < -0.39 is 0 Å². The van der Waals surface area contributed by atoms with Crippen molar-refractivity contribution < 1.29 is 4.74 Å². The zero-order chi connectivity index (χ0) is 10.8. The summed E-state index contributed by atoms with van der Waals surface area (Å²) in [4.78, 5) is 2.56. The number of ether oxygens (including phenoxy) is 1. The molecule has 2 aliphatic rings. The average molecular weight is 217 g/mol. The maximum atomic E-state index is 5.96.